The van der Waals surface area contributed by atoms with Gasteiger partial charge in [-0.3, -0.25) is 0 Å². The van der Waals surface area contributed by atoms with Crippen LogP contribution in [0.4, 0.5) is 17.6 Å². The highest BCUT2D eigenvalue weighted by Crippen LogP contribution is 2.23. The molecule has 0 saturated heterocycles. The smallest absolute Gasteiger partial charge is 0.391 e. The number of halogens is 4. The Balaban J connectivity index is 2.55. The second kappa shape index (κ2) is 4.61. The van der Waals surface area contributed by atoms with Gasteiger partial charge in [-0.25, -0.2) is 4.39 Å². The summed E-state index contributed by atoms with van der Waals surface area (Å²) >= 11 is 0. The van der Waals surface area contributed by atoms with E-state index in [0.717, 1.165) is 6.07 Å². The monoisotopic (exact) mass is 222 g/mol. The lowest BCUT2D eigenvalue weighted by atomic mass is 10.1. The Morgan fingerprint density at radius 1 is 1.27 bits per heavy atom. The zero-order valence-corrected chi connectivity index (χ0v) is 7.76. The molecule has 1 rings (SSSR count). The summed E-state index contributed by atoms with van der Waals surface area (Å²) in [5.74, 6) is -0.522. The summed E-state index contributed by atoms with van der Waals surface area (Å²) in [6.07, 6.45) is -7.39. The van der Waals surface area contributed by atoms with Crippen molar-refractivity contribution in [3.8, 4) is 0 Å². The van der Waals surface area contributed by atoms with Crippen LogP contribution in [0.3, 0.4) is 0 Å². The lowest BCUT2D eigenvalue weighted by molar-refractivity contribution is -0.153. The zero-order chi connectivity index (χ0) is 11.5. The van der Waals surface area contributed by atoms with E-state index in [9.17, 15) is 17.6 Å². The van der Waals surface area contributed by atoms with Gasteiger partial charge in [0.1, 0.15) is 5.82 Å². The highest BCUT2D eigenvalue weighted by molar-refractivity contribution is 5.17. The molecule has 0 saturated carbocycles. The van der Waals surface area contributed by atoms with Gasteiger partial charge in [-0.2, -0.15) is 13.2 Å². The van der Waals surface area contributed by atoms with Crippen LogP contribution in [0.2, 0.25) is 0 Å². The summed E-state index contributed by atoms with van der Waals surface area (Å²) in [7, 11) is 0. The lowest BCUT2D eigenvalue weighted by Crippen LogP contribution is -2.21. The molecular weight excluding hydrogens is 212 g/mol. The maximum absolute atomic E-state index is 12.7. The molecule has 0 heterocycles. The normalized spacial score (nSPS) is 13.9. The van der Waals surface area contributed by atoms with Crippen LogP contribution >= 0.6 is 0 Å². The summed E-state index contributed by atoms with van der Waals surface area (Å²) in [6.45, 7) is 0. The van der Waals surface area contributed by atoms with Gasteiger partial charge in [-0.05, 0) is 24.1 Å². The number of aliphatic hydroxyl groups excluding tert-OH is 1. The number of hydrogen-bond acceptors (Lipinski definition) is 1. The van der Waals surface area contributed by atoms with Crippen LogP contribution in [0.25, 0.3) is 0 Å². The molecule has 0 amide bonds. The second-order valence-electron chi connectivity index (χ2n) is 3.31. The Morgan fingerprint density at radius 3 is 2.47 bits per heavy atom. The zero-order valence-electron chi connectivity index (χ0n) is 7.76. The summed E-state index contributed by atoms with van der Waals surface area (Å²) in [5, 5.41) is 9.09. The predicted octanol–water partition coefficient (Wildman–Crippen LogP) is 2.68. The number of alkyl halides is 3. The van der Waals surface area contributed by atoms with Gasteiger partial charge in [0, 0.05) is 0 Å². The van der Waals surface area contributed by atoms with E-state index in [-0.39, 0.29) is 6.42 Å². The van der Waals surface area contributed by atoms with E-state index in [1.807, 2.05) is 0 Å². The molecule has 1 unspecified atom stereocenters. The first-order valence-electron chi connectivity index (χ1n) is 4.36. The Labute approximate surface area is 84.3 Å². The van der Waals surface area contributed by atoms with Crippen LogP contribution in [-0.2, 0) is 6.42 Å². The van der Waals surface area contributed by atoms with E-state index >= 15 is 0 Å². The molecule has 1 aromatic carbocycles. The molecule has 0 spiro atoms. The van der Waals surface area contributed by atoms with Gasteiger partial charge in [0.2, 0.25) is 0 Å². The molecule has 0 aliphatic rings. The molecule has 1 atom stereocenters. The molecule has 0 bridgehead atoms. The van der Waals surface area contributed by atoms with Gasteiger partial charge in [-0.1, -0.05) is 12.1 Å². The minimum absolute atomic E-state index is 0.197. The highest BCUT2D eigenvalue weighted by atomic mass is 19.4. The fourth-order valence-corrected chi connectivity index (χ4v) is 1.28. The van der Waals surface area contributed by atoms with Gasteiger partial charge < -0.3 is 5.11 Å². The van der Waals surface area contributed by atoms with E-state index < -0.39 is 24.5 Å². The quantitative estimate of drug-likeness (QED) is 0.779. The van der Waals surface area contributed by atoms with Gasteiger partial charge in [0.05, 0.1) is 12.5 Å². The second-order valence-corrected chi connectivity index (χ2v) is 3.31. The SMILES string of the molecule is OC(Cc1cccc(F)c1)CC(F)(F)F. The summed E-state index contributed by atoms with van der Waals surface area (Å²) in [6, 6.07) is 5.17. The third kappa shape index (κ3) is 4.78. The Hall–Kier alpha value is -1.10. The fraction of sp³-hybridized carbons (Fsp3) is 0.400. The topological polar surface area (TPSA) is 20.2 Å². The predicted molar refractivity (Wildman–Crippen MR) is 46.8 cm³/mol. The maximum atomic E-state index is 12.7. The summed E-state index contributed by atoms with van der Waals surface area (Å²) < 4.78 is 48.2. The van der Waals surface area contributed by atoms with Crippen molar-refractivity contribution in [3.05, 3.63) is 35.6 Å². The van der Waals surface area contributed by atoms with Crippen molar-refractivity contribution in [2.24, 2.45) is 0 Å². The van der Waals surface area contributed by atoms with Gasteiger partial charge in [-0.15, -0.1) is 0 Å². The van der Waals surface area contributed by atoms with Gasteiger partial charge >= 0.3 is 6.18 Å². The van der Waals surface area contributed by atoms with Crippen LogP contribution in [0, 0.1) is 5.82 Å². The molecule has 1 N–H and O–H groups in total. The number of benzene rings is 1. The summed E-state index contributed by atoms with van der Waals surface area (Å²) in [5.41, 5.74) is 0.353. The van der Waals surface area contributed by atoms with Crippen LogP contribution in [0.1, 0.15) is 12.0 Å². The van der Waals surface area contributed by atoms with Crippen LogP contribution in [0.5, 0.6) is 0 Å². The molecule has 0 aromatic heterocycles. The average Bonchev–Trinajstić information content (AvgIpc) is 1.99. The van der Waals surface area contributed by atoms with Crippen molar-refractivity contribution in [2.45, 2.75) is 25.1 Å². The van der Waals surface area contributed by atoms with Crippen molar-refractivity contribution >= 4 is 0 Å². The molecule has 84 valence electrons. The van der Waals surface area contributed by atoms with Crippen LogP contribution < -0.4 is 0 Å². The van der Waals surface area contributed by atoms with E-state index in [2.05, 4.69) is 0 Å². The third-order valence-corrected chi connectivity index (χ3v) is 1.83. The molecule has 15 heavy (non-hydrogen) atoms. The van der Waals surface area contributed by atoms with Crippen molar-refractivity contribution in [1.82, 2.24) is 0 Å². The van der Waals surface area contributed by atoms with Crippen molar-refractivity contribution < 1.29 is 22.7 Å². The highest BCUT2D eigenvalue weighted by Gasteiger charge is 2.30. The molecule has 1 nitrogen and oxygen atoms in total. The molecule has 0 aliphatic heterocycles. The number of rotatable bonds is 3. The van der Waals surface area contributed by atoms with E-state index in [1.165, 1.54) is 18.2 Å². The van der Waals surface area contributed by atoms with E-state index in [1.54, 1.807) is 0 Å². The maximum Gasteiger partial charge on any atom is 0.391 e. The minimum Gasteiger partial charge on any atom is -0.392 e. The van der Waals surface area contributed by atoms with Crippen LogP contribution in [0.15, 0.2) is 24.3 Å². The molecule has 1 aromatic rings. The number of hydrogen-bond donors (Lipinski definition) is 1. The average molecular weight is 222 g/mol. The molecule has 0 fully saturated rings. The number of aliphatic hydroxyl groups is 1. The lowest BCUT2D eigenvalue weighted by Gasteiger charge is -2.12. The van der Waals surface area contributed by atoms with Crippen molar-refractivity contribution in [2.75, 3.05) is 0 Å². The minimum atomic E-state index is -4.40. The van der Waals surface area contributed by atoms with E-state index in [4.69, 9.17) is 5.11 Å². The first-order chi connectivity index (χ1) is 6.87. The molecule has 0 aliphatic carbocycles. The van der Waals surface area contributed by atoms with Crippen LogP contribution in [-0.4, -0.2) is 17.4 Å². The molecule has 5 heteroatoms. The Bertz CT molecular complexity index is 321. The third-order valence-electron chi connectivity index (χ3n) is 1.83. The Kier molecular flexibility index (Phi) is 3.68. The standard InChI is InChI=1S/C10H10F4O/c11-8-3-1-2-7(4-8)5-9(15)6-10(12,13)14/h1-4,9,15H,5-6H2. The molecule has 0 radical (unpaired) electrons. The van der Waals surface area contributed by atoms with Crippen molar-refractivity contribution in [1.29, 1.82) is 0 Å². The van der Waals surface area contributed by atoms with Gasteiger partial charge in [0.25, 0.3) is 0 Å². The van der Waals surface area contributed by atoms with E-state index in [0.29, 0.717) is 5.56 Å². The fourth-order valence-electron chi connectivity index (χ4n) is 1.28. The van der Waals surface area contributed by atoms with Crippen molar-refractivity contribution in [3.63, 3.8) is 0 Å². The summed E-state index contributed by atoms with van der Waals surface area (Å²) in [4.78, 5) is 0. The van der Waals surface area contributed by atoms with Gasteiger partial charge in [0.15, 0.2) is 0 Å². The molecular formula is C10H10F4O. The first kappa shape index (κ1) is 12.0. The first-order valence-corrected chi connectivity index (χ1v) is 4.36. The Morgan fingerprint density at radius 2 is 1.93 bits per heavy atom. The largest absolute Gasteiger partial charge is 0.392 e.